The minimum Gasteiger partial charge on any atom is -0.354 e. The van der Waals surface area contributed by atoms with Crippen LogP contribution in [0.15, 0.2) is 67.0 Å². The summed E-state index contributed by atoms with van der Waals surface area (Å²) in [5.74, 6) is -0.202. The lowest BCUT2D eigenvalue weighted by Crippen LogP contribution is -2.13. The number of carbonyl (C=O) groups excluding carboxylic acids is 1. The van der Waals surface area contributed by atoms with Gasteiger partial charge in [-0.05, 0) is 42.8 Å². The average molecular weight is 338 g/mol. The highest BCUT2D eigenvalue weighted by Gasteiger charge is 2.09. The highest BCUT2D eigenvalue weighted by Crippen LogP contribution is 2.21. The van der Waals surface area contributed by atoms with Crippen molar-refractivity contribution in [2.24, 2.45) is 0 Å². The van der Waals surface area contributed by atoms with Crippen molar-refractivity contribution in [2.45, 2.75) is 6.92 Å². The molecule has 0 fully saturated rings. The summed E-state index contributed by atoms with van der Waals surface area (Å²) in [6.45, 7) is 1.95. The summed E-state index contributed by atoms with van der Waals surface area (Å²) in [7, 11) is 0. The minimum absolute atomic E-state index is 0.202. The molecular weight excluding hydrogens is 322 g/mol. The Morgan fingerprint density at radius 2 is 1.83 bits per heavy atom. The lowest BCUT2D eigenvalue weighted by atomic mass is 10.2. The molecule has 0 bridgehead atoms. The Labute approximate surface area is 145 Å². The normalized spacial score (nSPS) is 10.2. The fourth-order valence-corrected chi connectivity index (χ4v) is 2.46. The maximum Gasteiger partial charge on any atom is 0.257 e. The summed E-state index contributed by atoms with van der Waals surface area (Å²) in [6, 6.07) is 16.7. The van der Waals surface area contributed by atoms with E-state index < -0.39 is 0 Å². The molecule has 0 saturated carbocycles. The van der Waals surface area contributed by atoms with Crippen molar-refractivity contribution in [3.63, 3.8) is 0 Å². The molecule has 120 valence electrons. The van der Waals surface area contributed by atoms with Crippen LogP contribution in [0.1, 0.15) is 15.9 Å². The van der Waals surface area contributed by atoms with E-state index in [1.165, 1.54) is 6.20 Å². The van der Waals surface area contributed by atoms with Crippen LogP contribution in [0.2, 0.25) is 5.02 Å². The van der Waals surface area contributed by atoms with Gasteiger partial charge in [-0.15, -0.1) is 0 Å². The van der Waals surface area contributed by atoms with Gasteiger partial charge in [0.25, 0.3) is 5.91 Å². The second kappa shape index (κ2) is 7.15. The first-order valence-electron chi connectivity index (χ1n) is 7.46. The number of pyridine rings is 1. The van der Waals surface area contributed by atoms with E-state index in [-0.39, 0.29) is 5.91 Å². The second-order valence-corrected chi connectivity index (χ2v) is 5.80. The molecule has 0 spiro atoms. The van der Waals surface area contributed by atoms with Crippen LogP contribution in [0.5, 0.6) is 0 Å². The van der Waals surface area contributed by atoms with E-state index in [2.05, 4.69) is 15.6 Å². The molecule has 4 nitrogen and oxygen atoms in total. The third kappa shape index (κ3) is 3.91. The van der Waals surface area contributed by atoms with Crippen LogP contribution in [0.4, 0.5) is 17.1 Å². The zero-order valence-electron chi connectivity index (χ0n) is 13.1. The number of rotatable bonds is 4. The summed E-state index contributed by atoms with van der Waals surface area (Å²) < 4.78 is 0. The molecule has 0 atom stereocenters. The molecule has 1 amide bonds. The Kier molecular flexibility index (Phi) is 4.77. The van der Waals surface area contributed by atoms with Crippen molar-refractivity contribution < 1.29 is 4.79 Å². The third-order valence-electron chi connectivity index (χ3n) is 3.51. The molecule has 2 N–H and O–H groups in total. The number of nitrogens with one attached hydrogen (secondary N) is 2. The molecular formula is C19H16ClN3O. The number of hydrogen-bond donors (Lipinski definition) is 2. The van der Waals surface area contributed by atoms with Gasteiger partial charge in [-0.1, -0.05) is 35.9 Å². The van der Waals surface area contributed by atoms with Crippen LogP contribution in [0.25, 0.3) is 0 Å². The Morgan fingerprint density at radius 3 is 2.62 bits per heavy atom. The quantitative estimate of drug-likeness (QED) is 0.701. The van der Waals surface area contributed by atoms with Crippen molar-refractivity contribution in [3.05, 3.63) is 83.1 Å². The molecule has 1 heterocycles. The molecule has 0 aliphatic rings. The van der Waals surface area contributed by atoms with Crippen molar-refractivity contribution in [1.29, 1.82) is 0 Å². The van der Waals surface area contributed by atoms with E-state index in [0.717, 1.165) is 22.6 Å². The van der Waals surface area contributed by atoms with Gasteiger partial charge in [0, 0.05) is 22.6 Å². The first-order chi connectivity index (χ1) is 11.6. The molecule has 0 saturated heterocycles. The molecule has 1 aromatic heterocycles. The summed E-state index contributed by atoms with van der Waals surface area (Å²) in [5, 5.41) is 6.73. The average Bonchev–Trinajstić information content (AvgIpc) is 2.57. The lowest BCUT2D eigenvalue weighted by molar-refractivity contribution is 0.102. The highest BCUT2D eigenvalue weighted by molar-refractivity contribution is 6.30. The molecule has 0 aliphatic heterocycles. The molecule has 0 unspecified atom stereocenters. The van der Waals surface area contributed by atoms with E-state index in [1.807, 2.05) is 49.4 Å². The SMILES string of the molecule is Cc1ccccc1NC(=O)c1cncc(Nc2cccc(Cl)c2)c1. The van der Waals surface area contributed by atoms with Gasteiger partial charge in [-0.3, -0.25) is 9.78 Å². The monoisotopic (exact) mass is 337 g/mol. The number of aromatic nitrogens is 1. The fourth-order valence-electron chi connectivity index (χ4n) is 2.27. The first kappa shape index (κ1) is 16.0. The zero-order valence-corrected chi connectivity index (χ0v) is 13.8. The van der Waals surface area contributed by atoms with Crippen LogP contribution < -0.4 is 10.6 Å². The van der Waals surface area contributed by atoms with Crippen molar-refractivity contribution in [2.75, 3.05) is 10.6 Å². The molecule has 24 heavy (non-hydrogen) atoms. The zero-order chi connectivity index (χ0) is 16.9. The summed E-state index contributed by atoms with van der Waals surface area (Å²) >= 11 is 5.98. The second-order valence-electron chi connectivity index (χ2n) is 5.37. The van der Waals surface area contributed by atoms with Gasteiger partial charge in [0.1, 0.15) is 0 Å². The van der Waals surface area contributed by atoms with Gasteiger partial charge in [-0.2, -0.15) is 0 Å². The largest absolute Gasteiger partial charge is 0.354 e. The minimum atomic E-state index is -0.202. The standard InChI is InChI=1S/C19H16ClN3O/c1-13-5-2-3-8-18(13)23-19(24)14-9-17(12-21-11-14)22-16-7-4-6-15(20)10-16/h2-12,22H,1H3,(H,23,24). The van der Waals surface area contributed by atoms with Gasteiger partial charge in [-0.25, -0.2) is 0 Å². The van der Waals surface area contributed by atoms with E-state index in [1.54, 1.807) is 18.3 Å². The highest BCUT2D eigenvalue weighted by atomic mass is 35.5. The topological polar surface area (TPSA) is 54.0 Å². The number of anilines is 3. The Hall–Kier alpha value is -2.85. The molecule has 5 heteroatoms. The van der Waals surface area contributed by atoms with Gasteiger partial charge in [0.2, 0.25) is 0 Å². The van der Waals surface area contributed by atoms with Crippen molar-refractivity contribution in [3.8, 4) is 0 Å². The van der Waals surface area contributed by atoms with E-state index in [4.69, 9.17) is 11.6 Å². The van der Waals surface area contributed by atoms with Gasteiger partial charge in [0.05, 0.1) is 17.4 Å². The first-order valence-corrected chi connectivity index (χ1v) is 7.84. The molecule has 3 rings (SSSR count). The molecule has 2 aromatic carbocycles. The predicted molar refractivity (Wildman–Crippen MR) is 98.1 cm³/mol. The number of carbonyl (C=O) groups is 1. The molecule has 3 aromatic rings. The summed E-state index contributed by atoms with van der Waals surface area (Å²) in [4.78, 5) is 16.6. The third-order valence-corrected chi connectivity index (χ3v) is 3.74. The fraction of sp³-hybridized carbons (Fsp3) is 0.0526. The van der Waals surface area contributed by atoms with Gasteiger partial charge >= 0.3 is 0 Å². The Bertz CT molecular complexity index is 880. The predicted octanol–water partition coefficient (Wildman–Crippen LogP) is 5.04. The maximum atomic E-state index is 12.4. The smallest absolute Gasteiger partial charge is 0.257 e. The van der Waals surface area contributed by atoms with Gasteiger partial charge < -0.3 is 10.6 Å². The van der Waals surface area contributed by atoms with Crippen LogP contribution in [0.3, 0.4) is 0 Å². The van der Waals surface area contributed by atoms with Crippen molar-refractivity contribution in [1.82, 2.24) is 4.98 Å². The maximum absolute atomic E-state index is 12.4. The van der Waals surface area contributed by atoms with Crippen LogP contribution in [-0.2, 0) is 0 Å². The number of nitrogens with zero attached hydrogens (tertiary/aromatic N) is 1. The van der Waals surface area contributed by atoms with E-state index in [9.17, 15) is 4.79 Å². The molecule has 0 radical (unpaired) electrons. The Morgan fingerprint density at radius 1 is 1.00 bits per heavy atom. The lowest BCUT2D eigenvalue weighted by Gasteiger charge is -2.10. The van der Waals surface area contributed by atoms with Crippen LogP contribution in [0, 0.1) is 6.92 Å². The van der Waals surface area contributed by atoms with Crippen LogP contribution in [-0.4, -0.2) is 10.9 Å². The number of halogens is 1. The van der Waals surface area contributed by atoms with E-state index in [0.29, 0.717) is 10.6 Å². The molecule has 0 aliphatic carbocycles. The summed E-state index contributed by atoms with van der Waals surface area (Å²) in [5.41, 5.74) is 3.82. The number of aryl methyl sites for hydroxylation is 1. The number of hydrogen-bond acceptors (Lipinski definition) is 3. The van der Waals surface area contributed by atoms with E-state index >= 15 is 0 Å². The number of para-hydroxylation sites is 1. The van der Waals surface area contributed by atoms with Gasteiger partial charge in [0.15, 0.2) is 0 Å². The van der Waals surface area contributed by atoms with Crippen molar-refractivity contribution >= 4 is 34.6 Å². The van der Waals surface area contributed by atoms with Crippen LogP contribution >= 0.6 is 11.6 Å². The summed E-state index contributed by atoms with van der Waals surface area (Å²) in [6.07, 6.45) is 3.20. The number of amides is 1. The Balaban J connectivity index is 1.77. The number of benzene rings is 2.